The Bertz CT molecular complexity index is 604. The van der Waals surface area contributed by atoms with Gasteiger partial charge in [-0.25, -0.2) is 4.79 Å². The predicted octanol–water partition coefficient (Wildman–Crippen LogP) is 2.40. The van der Waals surface area contributed by atoms with Crippen LogP contribution in [0.2, 0.25) is 0 Å². The second-order valence-electron chi connectivity index (χ2n) is 3.36. The maximum Gasteiger partial charge on any atom is 0.341 e. The monoisotopic (exact) mass is 215 g/mol. The Labute approximate surface area is 92.0 Å². The first kappa shape index (κ1) is 10.2. The number of rotatable bonds is 1. The standard InChI is InChI=1S/C12H9NO3/c1-7-5-10-8(6-13)3-4-9(11(10)16-7)12(14)15-2/h3-5H,1-2H3. The molecule has 0 N–H and O–H groups in total. The fourth-order valence-corrected chi connectivity index (χ4v) is 1.61. The summed E-state index contributed by atoms with van der Waals surface area (Å²) in [6, 6.07) is 6.92. The molecule has 1 aromatic heterocycles. The van der Waals surface area contributed by atoms with Crippen LogP contribution in [0.1, 0.15) is 21.7 Å². The summed E-state index contributed by atoms with van der Waals surface area (Å²) in [6.45, 7) is 1.77. The van der Waals surface area contributed by atoms with E-state index in [2.05, 4.69) is 10.8 Å². The van der Waals surface area contributed by atoms with Crippen LogP contribution in [0, 0.1) is 18.3 Å². The summed E-state index contributed by atoms with van der Waals surface area (Å²) in [4.78, 5) is 11.5. The minimum Gasteiger partial charge on any atom is -0.465 e. The Morgan fingerprint density at radius 1 is 1.50 bits per heavy atom. The van der Waals surface area contributed by atoms with Crippen molar-refractivity contribution in [1.29, 1.82) is 5.26 Å². The first-order valence-electron chi connectivity index (χ1n) is 4.69. The van der Waals surface area contributed by atoms with Crippen molar-refractivity contribution < 1.29 is 13.9 Å². The Kier molecular flexibility index (Phi) is 2.37. The quantitative estimate of drug-likeness (QED) is 0.685. The van der Waals surface area contributed by atoms with E-state index in [4.69, 9.17) is 9.68 Å². The molecule has 0 saturated carbocycles. The van der Waals surface area contributed by atoms with E-state index in [9.17, 15) is 4.79 Å². The van der Waals surface area contributed by atoms with E-state index in [1.807, 2.05) is 0 Å². The summed E-state index contributed by atoms with van der Waals surface area (Å²) in [5.74, 6) is 0.187. The molecule has 16 heavy (non-hydrogen) atoms. The number of nitriles is 1. The maximum atomic E-state index is 11.5. The first-order chi connectivity index (χ1) is 7.67. The smallest absolute Gasteiger partial charge is 0.341 e. The summed E-state index contributed by atoms with van der Waals surface area (Å²) in [6.07, 6.45) is 0. The highest BCUT2D eigenvalue weighted by molar-refractivity contribution is 6.03. The molecule has 80 valence electrons. The van der Waals surface area contributed by atoms with E-state index in [-0.39, 0.29) is 0 Å². The summed E-state index contributed by atoms with van der Waals surface area (Å²) in [7, 11) is 1.31. The van der Waals surface area contributed by atoms with Crippen LogP contribution in [0.5, 0.6) is 0 Å². The van der Waals surface area contributed by atoms with Crippen LogP contribution in [0.15, 0.2) is 22.6 Å². The summed E-state index contributed by atoms with van der Waals surface area (Å²) >= 11 is 0. The molecule has 2 rings (SSSR count). The summed E-state index contributed by atoms with van der Waals surface area (Å²) in [5, 5.41) is 9.57. The van der Waals surface area contributed by atoms with Gasteiger partial charge in [-0.05, 0) is 25.1 Å². The van der Waals surface area contributed by atoms with Gasteiger partial charge in [0.15, 0.2) is 0 Å². The zero-order valence-corrected chi connectivity index (χ0v) is 8.90. The lowest BCUT2D eigenvalue weighted by molar-refractivity contribution is 0.0601. The highest BCUT2D eigenvalue weighted by Gasteiger charge is 2.16. The van der Waals surface area contributed by atoms with E-state index in [1.165, 1.54) is 13.2 Å². The van der Waals surface area contributed by atoms with E-state index in [0.29, 0.717) is 27.9 Å². The van der Waals surface area contributed by atoms with E-state index < -0.39 is 5.97 Å². The number of carbonyl (C=O) groups is 1. The highest BCUT2D eigenvalue weighted by atomic mass is 16.5. The molecule has 0 aliphatic heterocycles. The third-order valence-electron chi connectivity index (χ3n) is 2.33. The molecule has 0 aliphatic carbocycles. The molecule has 0 bridgehead atoms. The fourth-order valence-electron chi connectivity index (χ4n) is 1.61. The van der Waals surface area contributed by atoms with Crippen molar-refractivity contribution in [2.75, 3.05) is 7.11 Å². The van der Waals surface area contributed by atoms with Gasteiger partial charge in [0.1, 0.15) is 16.9 Å². The number of esters is 1. The van der Waals surface area contributed by atoms with E-state index >= 15 is 0 Å². The molecule has 0 radical (unpaired) electrons. The average Bonchev–Trinajstić information content (AvgIpc) is 2.67. The van der Waals surface area contributed by atoms with Gasteiger partial charge in [0, 0.05) is 5.39 Å². The van der Waals surface area contributed by atoms with Gasteiger partial charge < -0.3 is 9.15 Å². The number of nitrogens with zero attached hydrogens (tertiary/aromatic N) is 1. The van der Waals surface area contributed by atoms with Crippen molar-refractivity contribution in [2.24, 2.45) is 0 Å². The zero-order valence-electron chi connectivity index (χ0n) is 8.90. The molecule has 0 aliphatic rings. The van der Waals surface area contributed by atoms with Crippen LogP contribution in [0.3, 0.4) is 0 Å². The van der Waals surface area contributed by atoms with Crippen molar-refractivity contribution in [3.8, 4) is 6.07 Å². The Morgan fingerprint density at radius 3 is 2.88 bits per heavy atom. The molecule has 1 aromatic carbocycles. The van der Waals surface area contributed by atoms with Gasteiger partial charge >= 0.3 is 5.97 Å². The van der Waals surface area contributed by atoms with Crippen molar-refractivity contribution >= 4 is 16.9 Å². The summed E-state index contributed by atoms with van der Waals surface area (Å²) < 4.78 is 10.1. The number of hydrogen-bond donors (Lipinski definition) is 0. The molecular weight excluding hydrogens is 206 g/mol. The Balaban J connectivity index is 2.80. The van der Waals surface area contributed by atoms with Crippen LogP contribution in [0.4, 0.5) is 0 Å². The number of ether oxygens (including phenoxy) is 1. The molecular formula is C12H9NO3. The Morgan fingerprint density at radius 2 is 2.25 bits per heavy atom. The molecule has 0 unspecified atom stereocenters. The molecule has 1 heterocycles. The molecule has 4 nitrogen and oxygen atoms in total. The van der Waals surface area contributed by atoms with Gasteiger partial charge in [0.25, 0.3) is 0 Å². The van der Waals surface area contributed by atoms with Crippen molar-refractivity contribution in [3.63, 3.8) is 0 Å². The van der Waals surface area contributed by atoms with Gasteiger partial charge in [-0.15, -0.1) is 0 Å². The maximum absolute atomic E-state index is 11.5. The summed E-state index contributed by atoms with van der Waals surface area (Å²) in [5.41, 5.74) is 1.23. The van der Waals surface area contributed by atoms with E-state index in [1.54, 1.807) is 19.1 Å². The average molecular weight is 215 g/mol. The molecule has 0 atom stereocenters. The lowest BCUT2D eigenvalue weighted by atomic mass is 10.1. The lowest BCUT2D eigenvalue weighted by Crippen LogP contribution is -2.01. The van der Waals surface area contributed by atoms with Crippen molar-refractivity contribution in [2.45, 2.75) is 6.92 Å². The van der Waals surface area contributed by atoms with Gasteiger partial charge in [-0.3, -0.25) is 0 Å². The molecule has 4 heteroatoms. The van der Waals surface area contributed by atoms with Gasteiger partial charge in [-0.2, -0.15) is 5.26 Å². The topological polar surface area (TPSA) is 63.2 Å². The number of benzene rings is 1. The minimum absolute atomic E-state index is 0.338. The van der Waals surface area contributed by atoms with E-state index in [0.717, 1.165) is 0 Å². The largest absolute Gasteiger partial charge is 0.465 e. The molecule has 0 saturated heterocycles. The van der Waals surface area contributed by atoms with Crippen LogP contribution in [0.25, 0.3) is 11.0 Å². The molecule has 2 aromatic rings. The number of hydrogen-bond acceptors (Lipinski definition) is 4. The SMILES string of the molecule is COC(=O)c1ccc(C#N)c2cc(C)oc12. The van der Waals surface area contributed by atoms with Crippen LogP contribution in [-0.4, -0.2) is 13.1 Å². The first-order valence-corrected chi connectivity index (χ1v) is 4.69. The number of methoxy groups -OCH3 is 1. The highest BCUT2D eigenvalue weighted by Crippen LogP contribution is 2.26. The zero-order chi connectivity index (χ0) is 11.7. The van der Waals surface area contributed by atoms with Crippen molar-refractivity contribution in [3.05, 3.63) is 35.1 Å². The minimum atomic E-state index is -0.469. The van der Waals surface area contributed by atoms with Crippen molar-refractivity contribution in [1.82, 2.24) is 0 Å². The molecule has 0 fully saturated rings. The van der Waals surface area contributed by atoms with Crippen LogP contribution in [-0.2, 0) is 4.74 Å². The lowest BCUT2D eigenvalue weighted by Gasteiger charge is -2.00. The third-order valence-corrected chi connectivity index (χ3v) is 2.33. The van der Waals surface area contributed by atoms with Gasteiger partial charge in [0.05, 0.1) is 18.7 Å². The van der Waals surface area contributed by atoms with Gasteiger partial charge in [0.2, 0.25) is 0 Å². The number of carbonyl (C=O) groups excluding carboxylic acids is 1. The number of aryl methyl sites for hydroxylation is 1. The van der Waals surface area contributed by atoms with Crippen LogP contribution >= 0.6 is 0 Å². The van der Waals surface area contributed by atoms with Crippen LogP contribution < -0.4 is 0 Å². The third kappa shape index (κ3) is 1.43. The van der Waals surface area contributed by atoms with Gasteiger partial charge in [-0.1, -0.05) is 0 Å². The normalized spacial score (nSPS) is 10.1. The Hall–Kier alpha value is -2.28. The molecule has 0 amide bonds. The number of furan rings is 1. The second kappa shape index (κ2) is 3.70. The second-order valence-corrected chi connectivity index (χ2v) is 3.36. The fraction of sp³-hybridized carbons (Fsp3) is 0.167. The predicted molar refractivity (Wildman–Crippen MR) is 57.0 cm³/mol. The molecule has 0 spiro atoms. The number of fused-ring (bicyclic) bond motifs is 1.